The molecule has 122 valence electrons. The smallest absolute Gasteiger partial charge is 0.549 e. The van der Waals surface area contributed by atoms with Crippen LogP contribution in [0, 0.1) is 5.82 Å². The number of hydrogen-bond donors (Lipinski definition) is 1. The summed E-state index contributed by atoms with van der Waals surface area (Å²) in [5.41, 5.74) is 3.88. The van der Waals surface area contributed by atoms with Crippen molar-refractivity contribution in [3.8, 4) is 5.75 Å². The van der Waals surface area contributed by atoms with Gasteiger partial charge in [-0.3, -0.25) is 5.43 Å². The fourth-order valence-electron chi connectivity index (χ4n) is 2.06. The summed E-state index contributed by atoms with van der Waals surface area (Å²) in [7, 11) is 1.61. The average molecular weight is 324 g/mol. The predicted molar refractivity (Wildman–Crippen MR) is 81.9 cm³/mol. The van der Waals surface area contributed by atoms with Gasteiger partial charge in [0.15, 0.2) is 0 Å². The summed E-state index contributed by atoms with van der Waals surface area (Å²) in [6, 6.07) is 15.3. The van der Waals surface area contributed by atoms with E-state index in [1.165, 1.54) is 17.1 Å². The molecule has 0 aliphatic rings. The molecule has 0 saturated heterocycles. The molecule has 1 N–H and O–H groups in total. The molecule has 0 radical (unpaired) electrons. The Kier molecular flexibility index (Phi) is 8.51. The quantitative estimate of drug-likeness (QED) is 0.456. The third-order valence-corrected chi connectivity index (χ3v) is 3.18. The fourth-order valence-corrected chi connectivity index (χ4v) is 2.06. The maximum atomic E-state index is 13.0. The number of carbonyl (C=O) groups excluding carboxylic acids is 1. The van der Waals surface area contributed by atoms with Gasteiger partial charge in [0, 0.05) is 7.05 Å². The predicted octanol–water partition coefficient (Wildman–Crippen LogP) is -1.86. The van der Waals surface area contributed by atoms with E-state index >= 15 is 0 Å². The van der Waals surface area contributed by atoms with Crippen molar-refractivity contribution in [2.75, 3.05) is 20.1 Å². The molecule has 7 heteroatoms. The molecule has 0 amide bonds. The van der Waals surface area contributed by atoms with Gasteiger partial charge in [0.25, 0.3) is 0 Å². The summed E-state index contributed by atoms with van der Waals surface area (Å²) in [6.45, 7) is 0.114. The minimum atomic E-state index is -1.17. The Morgan fingerprint density at radius 2 is 1.83 bits per heavy atom. The molecule has 0 spiro atoms. The maximum Gasteiger partial charge on any atom is 1.00 e. The largest absolute Gasteiger partial charge is 1.00 e. The van der Waals surface area contributed by atoms with E-state index in [9.17, 15) is 14.3 Å². The molecule has 2 aromatic carbocycles. The van der Waals surface area contributed by atoms with E-state index in [1.54, 1.807) is 19.2 Å². The zero-order valence-electron chi connectivity index (χ0n) is 13.7. The number of carboxylic acids is 1. The van der Waals surface area contributed by atoms with E-state index < -0.39 is 5.97 Å². The number of carbonyl (C=O) groups is 1. The molecule has 1 atom stereocenters. The van der Waals surface area contributed by atoms with Crippen molar-refractivity contribution in [1.82, 2.24) is 10.4 Å². The summed E-state index contributed by atoms with van der Waals surface area (Å²) >= 11 is 0. The van der Waals surface area contributed by atoms with Crippen LogP contribution >= 0.6 is 0 Å². The number of benzene rings is 2. The van der Waals surface area contributed by atoms with Crippen molar-refractivity contribution in [1.29, 1.82) is 0 Å². The second-order valence-corrected chi connectivity index (χ2v) is 5.06. The van der Waals surface area contributed by atoms with Gasteiger partial charge in [-0.2, -0.15) is 0 Å². The van der Waals surface area contributed by atoms with Gasteiger partial charge in [-0.05, 0) is 29.8 Å². The van der Waals surface area contributed by atoms with Crippen molar-refractivity contribution in [2.45, 2.75) is 6.10 Å². The second kappa shape index (κ2) is 10.1. The van der Waals surface area contributed by atoms with Crippen LogP contribution in [-0.4, -0.2) is 31.1 Å². The SMILES string of the molecule is CN(CC(=O)[O-])NC[C@@H](Oc1ccc(F)cc1)c1ccccc1.[Li+]. The summed E-state index contributed by atoms with van der Waals surface area (Å²) in [4.78, 5) is 10.6. The van der Waals surface area contributed by atoms with Crippen molar-refractivity contribution in [3.05, 3.63) is 66.0 Å². The summed E-state index contributed by atoms with van der Waals surface area (Å²) in [5, 5.41) is 12.0. The number of halogens is 1. The third kappa shape index (κ3) is 6.73. The van der Waals surface area contributed by atoms with E-state index in [0.29, 0.717) is 12.3 Å². The molecule has 0 aliphatic carbocycles. The van der Waals surface area contributed by atoms with E-state index in [-0.39, 0.29) is 37.3 Å². The second-order valence-electron chi connectivity index (χ2n) is 5.06. The van der Waals surface area contributed by atoms with Crippen LogP contribution in [0.25, 0.3) is 0 Å². The summed E-state index contributed by atoms with van der Waals surface area (Å²) in [6.07, 6.45) is -0.356. The summed E-state index contributed by atoms with van der Waals surface area (Å²) < 4.78 is 18.9. The van der Waals surface area contributed by atoms with E-state index in [4.69, 9.17) is 4.74 Å². The molecule has 0 aliphatic heterocycles. The number of carboxylic acid groups (broad SMARTS) is 1. The third-order valence-electron chi connectivity index (χ3n) is 3.18. The molecule has 0 heterocycles. The molecule has 0 aromatic heterocycles. The van der Waals surface area contributed by atoms with Crippen LogP contribution in [0.3, 0.4) is 0 Å². The van der Waals surface area contributed by atoms with Gasteiger partial charge in [-0.1, -0.05) is 30.3 Å². The molecular weight excluding hydrogens is 306 g/mol. The van der Waals surface area contributed by atoms with E-state index in [0.717, 1.165) is 5.56 Å². The van der Waals surface area contributed by atoms with Gasteiger partial charge in [0.1, 0.15) is 17.7 Å². The van der Waals surface area contributed by atoms with Crippen molar-refractivity contribution < 1.29 is 37.9 Å². The first-order valence-electron chi connectivity index (χ1n) is 7.16. The zero-order valence-corrected chi connectivity index (χ0v) is 13.7. The van der Waals surface area contributed by atoms with Crippen LogP contribution in [-0.2, 0) is 4.79 Å². The molecular formula is C17H18FLiN2O3. The number of aliphatic carboxylic acids is 1. The van der Waals surface area contributed by atoms with Crippen molar-refractivity contribution >= 4 is 5.97 Å². The fraction of sp³-hybridized carbons (Fsp3) is 0.235. The van der Waals surface area contributed by atoms with Gasteiger partial charge >= 0.3 is 18.9 Å². The molecule has 5 nitrogen and oxygen atoms in total. The zero-order chi connectivity index (χ0) is 16.7. The Balaban J connectivity index is 0.00000288. The number of rotatable bonds is 8. The monoisotopic (exact) mass is 324 g/mol. The topological polar surface area (TPSA) is 64.6 Å². The van der Waals surface area contributed by atoms with Crippen LogP contribution in [0.15, 0.2) is 54.6 Å². The first kappa shape index (κ1) is 20.2. The van der Waals surface area contributed by atoms with Crippen molar-refractivity contribution in [2.24, 2.45) is 0 Å². The Hall–Kier alpha value is -1.84. The van der Waals surface area contributed by atoms with Crippen LogP contribution in [0.4, 0.5) is 4.39 Å². The van der Waals surface area contributed by atoms with Gasteiger partial charge in [0.05, 0.1) is 19.1 Å². The van der Waals surface area contributed by atoms with E-state index in [1.807, 2.05) is 30.3 Å². The van der Waals surface area contributed by atoms with Crippen LogP contribution in [0.1, 0.15) is 11.7 Å². The van der Waals surface area contributed by atoms with Crippen LogP contribution in [0.2, 0.25) is 0 Å². The first-order chi connectivity index (χ1) is 11.0. The van der Waals surface area contributed by atoms with Gasteiger partial charge in [0.2, 0.25) is 0 Å². The number of ether oxygens (including phenoxy) is 1. The van der Waals surface area contributed by atoms with Gasteiger partial charge in [-0.15, -0.1) is 0 Å². The summed E-state index contributed by atoms with van der Waals surface area (Å²) in [5.74, 6) is -0.972. The maximum absolute atomic E-state index is 13.0. The first-order valence-corrected chi connectivity index (χ1v) is 7.16. The average Bonchev–Trinajstić information content (AvgIpc) is 2.53. The molecule has 2 aromatic rings. The number of hydrogen-bond acceptors (Lipinski definition) is 5. The molecule has 0 unspecified atom stereocenters. The number of nitrogens with one attached hydrogen (secondary N) is 1. The molecule has 24 heavy (non-hydrogen) atoms. The Bertz CT molecular complexity index is 625. The van der Waals surface area contributed by atoms with Gasteiger partial charge < -0.3 is 14.6 Å². The number of hydrazine groups is 1. The molecule has 0 bridgehead atoms. The Morgan fingerprint density at radius 3 is 2.42 bits per heavy atom. The minimum absolute atomic E-state index is 0. The van der Waals surface area contributed by atoms with Crippen LogP contribution < -0.4 is 34.1 Å². The van der Waals surface area contributed by atoms with Crippen LogP contribution in [0.5, 0.6) is 5.75 Å². The van der Waals surface area contributed by atoms with E-state index in [2.05, 4.69) is 5.43 Å². The Labute approximate surface area is 152 Å². The van der Waals surface area contributed by atoms with Crippen molar-refractivity contribution in [3.63, 3.8) is 0 Å². The minimum Gasteiger partial charge on any atom is -0.549 e. The number of likely N-dealkylation sites (N-methyl/N-ethyl adjacent to an activating group) is 1. The number of nitrogens with zero attached hydrogens (tertiary/aromatic N) is 1. The normalized spacial score (nSPS) is 11.6. The molecule has 0 fully saturated rings. The Morgan fingerprint density at radius 1 is 1.21 bits per heavy atom. The molecule has 0 saturated carbocycles. The van der Waals surface area contributed by atoms with Gasteiger partial charge in [-0.25, -0.2) is 9.40 Å². The molecule has 2 rings (SSSR count). The standard InChI is InChI=1S/C17H19FN2O3.Li/c1-20(12-17(21)22)19-11-16(13-5-3-2-4-6-13)23-15-9-7-14(18)8-10-15;/h2-10,16,19H,11-12H2,1H3,(H,21,22);/q;+1/p-1/t16-;/m1./s1.